The highest BCUT2D eigenvalue weighted by Crippen LogP contribution is 2.44. The van der Waals surface area contributed by atoms with Crippen molar-refractivity contribution in [2.45, 2.75) is 0 Å². The van der Waals surface area contributed by atoms with Gasteiger partial charge in [-0.1, -0.05) is 188 Å². The Morgan fingerprint density at radius 3 is 1.61 bits per heavy atom. The molecule has 0 radical (unpaired) electrons. The van der Waals surface area contributed by atoms with Crippen LogP contribution in [0, 0.1) is 0 Å². The van der Waals surface area contributed by atoms with Crippen LogP contribution in [0.3, 0.4) is 0 Å². The average molecular weight is 840 g/mol. The molecule has 0 amide bonds. The molecule has 0 saturated carbocycles. The molecule has 0 aliphatic heterocycles. The predicted octanol–water partition coefficient (Wildman–Crippen LogP) is 18.3. The molecule has 0 atom stereocenters. The summed E-state index contributed by atoms with van der Waals surface area (Å²) >= 11 is 0. The van der Waals surface area contributed by atoms with Gasteiger partial charge in [0.25, 0.3) is 0 Å². The Morgan fingerprint density at radius 2 is 0.818 bits per heavy atom. The molecule has 0 aliphatic rings. The molecule has 13 rings (SSSR count). The summed E-state index contributed by atoms with van der Waals surface area (Å²) in [5.41, 5.74) is 14.5. The Hall–Kier alpha value is -8.72. The molecule has 308 valence electrons. The summed E-state index contributed by atoms with van der Waals surface area (Å²) < 4.78 is 6.63. The van der Waals surface area contributed by atoms with E-state index < -0.39 is 0 Å². The molecule has 0 bridgehead atoms. The van der Waals surface area contributed by atoms with Crippen molar-refractivity contribution in [2.24, 2.45) is 0 Å². The van der Waals surface area contributed by atoms with Gasteiger partial charge in [0.2, 0.25) is 0 Å². The number of fused-ring (bicyclic) bond motifs is 9. The van der Waals surface area contributed by atoms with E-state index in [1.54, 1.807) is 0 Å². The van der Waals surface area contributed by atoms with E-state index in [4.69, 9.17) is 4.42 Å². The van der Waals surface area contributed by atoms with E-state index in [0.717, 1.165) is 55.5 Å². The zero-order chi connectivity index (χ0) is 43.6. The fraction of sp³-hybridized carbons (Fsp3) is 0. The number of anilines is 3. The van der Waals surface area contributed by atoms with Crippen LogP contribution in [0.25, 0.3) is 110 Å². The zero-order valence-corrected chi connectivity index (χ0v) is 36.0. The van der Waals surface area contributed by atoms with E-state index in [-0.39, 0.29) is 0 Å². The van der Waals surface area contributed by atoms with Crippen LogP contribution >= 0.6 is 0 Å². The summed E-state index contributed by atoms with van der Waals surface area (Å²) in [5.74, 6) is 0. The molecule has 66 heavy (non-hydrogen) atoms. The minimum absolute atomic E-state index is 0.887. The van der Waals surface area contributed by atoms with Crippen LogP contribution in [0.1, 0.15) is 0 Å². The third-order valence-electron chi connectivity index (χ3n) is 13.4. The highest BCUT2D eigenvalue weighted by Gasteiger charge is 2.19. The fourth-order valence-electron chi connectivity index (χ4n) is 10.3. The molecule has 2 nitrogen and oxygen atoms in total. The van der Waals surface area contributed by atoms with Crippen molar-refractivity contribution in [2.75, 3.05) is 4.90 Å². The first-order valence-electron chi connectivity index (χ1n) is 22.7. The Labute approximate surface area is 382 Å². The number of nitrogens with zero attached hydrogens (tertiary/aromatic N) is 1. The van der Waals surface area contributed by atoms with Crippen LogP contribution in [0.4, 0.5) is 17.1 Å². The van der Waals surface area contributed by atoms with E-state index in [0.29, 0.717) is 0 Å². The van der Waals surface area contributed by atoms with Crippen LogP contribution in [0.2, 0.25) is 0 Å². The van der Waals surface area contributed by atoms with Gasteiger partial charge in [-0.15, -0.1) is 0 Å². The van der Waals surface area contributed by atoms with Gasteiger partial charge in [-0.05, 0) is 143 Å². The Balaban J connectivity index is 0.933. The average Bonchev–Trinajstić information content (AvgIpc) is 3.79. The lowest BCUT2D eigenvalue weighted by Gasteiger charge is -2.26. The van der Waals surface area contributed by atoms with Crippen molar-refractivity contribution in [3.8, 4) is 44.5 Å². The summed E-state index contributed by atoms with van der Waals surface area (Å²) in [6.45, 7) is 0. The standard InChI is InChI=1S/C64H41NO/c1-4-21-53-43(13-1)16-11-26-54(53)47-18-9-17-46(39-47)42-29-34-50(35-30-42)65(51-36-31-45(32-37-51)61-41-49-15-3-5-22-55(49)58-24-7-8-25-59(58)61)52-20-10-19-48(40-52)56-27-12-28-62-63(56)60-38-33-44-14-2-6-23-57(44)64(60)66-62/h1-41H. The second-order valence-corrected chi connectivity index (χ2v) is 17.2. The predicted molar refractivity (Wildman–Crippen MR) is 280 cm³/mol. The molecule has 12 aromatic carbocycles. The van der Waals surface area contributed by atoms with Crippen LogP contribution in [0.15, 0.2) is 253 Å². The van der Waals surface area contributed by atoms with Gasteiger partial charge in [0.1, 0.15) is 11.2 Å². The number of hydrogen-bond donors (Lipinski definition) is 0. The molecular weight excluding hydrogens is 799 g/mol. The Kier molecular flexibility index (Phi) is 8.89. The molecule has 13 aromatic rings. The molecule has 0 N–H and O–H groups in total. The Morgan fingerprint density at radius 1 is 0.258 bits per heavy atom. The van der Waals surface area contributed by atoms with Gasteiger partial charge < -0.3 is 9.32 Å². The minimum atomic E-state index is 0.887. The van der Waals surface area contributed by atoms with Crippen LogP contribution in [-0.4, -0.2) is 0 Å². The topological polar surface area (TPSA) is 16.4 Å². The molecule has 0 spiro atoms. The summed E-state index contributed by atoms with van der Waals surface area (Å²) in [4.78, 5) is 2.38. The van der Waals surface area contributed by atoms with E-state index in [1.807, 2.05) is 0 Å². The largest absolute Gasteiger partial charge is 0.455 e. The lowest BCUT2D eigenvalue weighted by Crippen LogP contribution is -2.10. The van der Waals surface area contributed by atoms with Gasteiger partial charge in [0, 0.05) is 33.2 Å². The summed E-state index contributed by atoms with van der Waals surface area (Å²) in [6, 6.07) is 90.2. The second-order valence-electron chi connectivity index (χ2n) is 17.2. The number of benzene rings is 12. The van der Waals surface area contributed by atoms with Gasteiger partial charge in [-0.3, -0.25) is 0 Å². The van der Waals surface area contributed by atoms with Gasteiger partial charge in [0.05, 0.1) is 0 Å². The third kappa shape index (κ3) is 6.34. The second kappa shape index (κ2) is 15.5. The maximum absolute atomic E-state index is 6.63. The first kappa shape index (κ1) is 37.8. The van der Waals surface area contributed by atoms with E-state index in [2.05, 4.69) is 254 Å². The minimum Gasteiger partial charge on any atom is -0.455 e. The number of furan rings is 1. The van der Waals surface area contributed by atoms with Crippen molar-refractivity contribution in [1.29, 1.82) is 0 Å². The van der Waals surface area contributed by atoms with Crippen molar-refractivity contribution >= 4 is 82.1 Å². The van der Waals surface area contributed by atoms with Crippen LogP contribution in [-0.2, 0) is 0 Å². The SMILES string of the molecule is c1cc(-c2ccc(N(c3ccc(-c4cc5ccccc5c5ccccc45)cc3)c3cccc(-c4cccc5oc6c7ccccc7ccc6c45)c3)cc2)cc(-c2cccc3ccccc23)c1. The van der Waals surface area contributed by atoms with Crippen molar-refractivity contribution < 1.29 is 4.42 Å². The highest BCUT2D eigenvalue weighted by atomic mass is 16.3. The maximum atomic E-state index is 6.63. The molecular formula is C64H41NO. The molecule has 0 saturated heterocycles. The van der Waals surface area contributed by atoms with Crippen molar-refractivity contribution in [3.05, 3.63) is 249 Å². The van der Waals surface area contributed by atoms with Gasteiger partial charge in [-0.25, -0.2) is 0 Å². The lowest BCUT2D eigenvalue weighted by atomic mass is 9.93. The van der Waals surface area contributed by atoms with E-state index in [1.165, 1.54) is 71.1 Å². The summed E-state index contributed by atoms with van der Waals surface area (Å²) in [6.07, 6.45) is 0. The molecule has 0 fully saturated rings. The monoisotopic (exact) mass is 839 g/mol. The van der Waals surface area contributed by atoms with Gasteiger partial charge >= 0.3 is 0 Å². The van der Waals surface area contributed by atoms with Crippen molar-refractivity contribution in [1.82, 2.24) is 0 Å². The molecule has 0 unspecified atom stereocenters. The fourth-order valence-corrected chi connectivity index (χ4v) is 10.3. The van der Waals surface area contributed by atoms with E-state index >= 15 is 0 Å². The Bertz CT molecular complexity index is 3990. The molecule has 1 heterocycles. The van der Waals surface area contributed by atoms with Crippen LogP contribution in [0.5, 0.6) is 0 Å². The highest BCUT2D eigenvalue weighted by molar-refractivity contribution is 6.19. The molecule has 0 aliphatic carbocycles. The molecule has 1 aromatic heterocycles. The van der Waals surface area contributed by atoms with Crippen LogP contribution < -0.4 is 4.90 Å². The quantitative estimate of drug-likeness (QED) is 0.149. The van der Waals surface area contributed by atoms with Crippen molar-refractivity contribution in [3.63, 3.8) is 0 Å². The van der Waals surface area contributed by atoms with Gasteiger partial charge in [-0.2, -0.15) is 0 Å². The zero-order valence-electron chi connectivity index (χ0n) is 36.0. The first-order valence-corrected chi connectivity index (χ1v) is 22.7. The number of hydrogen-bond acceptors (Lipinski definition) is 2. The smallest absolute Gasteiger partial charge is 0.143 e. The summed E-state index contributed by atoms with van der Waals surface area (Å²) in [7, 11) is 0. The number of rotatable bonds is 7. The lowest BCUT2D eigenvalue weighted by molar-refractivity contribution is 0.673. The van der Waals surface area contributed by atoms with E-state index in [9.17, 15) is 0 Å². The first-order chi connectivity index (χ1) is 32.7. The molecule has 2 heteroatoms. The maximum Gasteiger partial charge on any atom is 0.143 e. The normalized spacial score (nSPS) is 11.6. The summed E-state index contributed by atoms with van der Waals surface area (Å²) in [5, 5.41) is 12.1. The van der Waals surface area contributed by atoms with Gasteiger partial charge in [0.15, 0.2) is 0 Å². The third-order valence-corrected chi connectivity index (χ3v) is 13.4.